The molecule has 2 amide bonds. The molecule has 0 unspecified atom stereocenters. The number of benzene rings is 2. The molecular weight excluding hydrogens is 642 g/mol. The van der Waals surface area contributed by atoms with Crippen LogP contribution in [0.3, 0.4) is 0 Å². The second-order valence-electron chi connectivity index (χ2n) is 6.30. The summed E-state index contributed by atoms with van der Waals surface area (Å²) in [7, 11) is 0. The van der Waals surface area contributed by atoms with Crippen molar-refractivity contribution in [3.05, 3.63) is 67.3 Å². The van der Waals surface area contributed by atoms with Crippen molar-refractivity contribution in [2.75, 3.05) is 18.1 Å². The van der Waals surface area contributed by atoms with Crippen LogP contribution in [0.2, 0.25) is 0 Å². The molecule has 1 aliphatic heterocycles. The van der Waals surface area contributed by atoms with E-state index >= 15 is 0 Å². The van der Waals surface area contributed by atoms with Crippen LogP contribution in [0.5, 0.6) is 11.5 Å². The number of rotatable bonds is 7. The number of nitrogens with zero attached hydrogens (tertiary/aromatic N) is 1. The Hall–Kier alpha value is -1.99. The Balaban J connectivity index is 1.97. The molecule has 9 heteroatoms. The van der Waals surface area contributed by atoms with Crippen LogP contribution >= 0.6 is 57.4 Å². The zero-order valence-corrected chi connectivity index (χ0v) is 21.6. The van der Waals surface area contributed by atoms with Gasteiger partial charge in [-0.2, -0.15) is 0 Å². The van der Waals surface area contributed by atoms with Crippen molar-refractivity contribution in [3.8, 4) is 11.5 Å². The zero-order chi connectivity index (χ0) is 22.5. The molecule has 6 nitrogen and oxygen atoms in total. The summed E-state index contributed by atoms with van der Waals surface area (Å²) in [5.74, 6) is 0.305. The molecule has 1 heterocycles. The number of thiocarbonyl (C=S) groups is 1. The minimum atomic E-state index is -0.538. The zero-order valence-electron chi connectivity index (χ0n) is 16.5. The van der Waals surface area contributed by atoms with Gasteiger partial charge in [0.15, 0.2) is 5.11 Å². The highest BCUT2D eigenvalue weighted by Gasteiger charge is 2.34. The van der Waals surface area contributed by atoms with Crippen LogP contribution in [0.1, 0.15) is 12.5 Å². The predicted octanol–water partition coefficient (Wildman–Crippen LogP) is 4.69. The van der Waals surface area contributed by atoms with Crippen molar-refractivity contribution in [1.29, 1.82) is 0 Å². The van der Waals surface area contributed by atoms with E-state index in [1.54, 1.807) is 36.4 Å². The maximum absolute atomic E-state index is 13.2. The van der Waals surface area contributed by atoms with E-state index in [0.29, 0.717) is 30.2 Å². The lowest BCUT2D eigenvalue weighted by molar-refractivity contribution is -0.122. The first-order valence-electron chi connectivity index (χ1n) is 9.22. The summed E-state index contributed by atoms with van der Waals surface area (Å²) in [4.78, 5) is 27.1. The molecule has 0 radical (unpaired) electrons. The highest BCUT2D eigenvalue weighted by atomic mass is 127. The van der Waals surface area contributed by atoms with Gasteiger partial charge in [0.25, 0.3) is 11.8 Å². The first-order valence-corrected chi connectivity index (χ1v) is 11.8. The lowest BCUT2D eigenvalue weighted by Gasteiger charge is -2.29. The fourth-order valence-electron chi connectivity index (χ4n) is 2.88. The van der Waals surface area contributed by atoms with Gasteiger partial charge < -0.3 is 9.47 Å². The summed E-state index contributed by atoms with van der Waals surface area (Å²) < 4.78 is 12.9. The molecule has 1 saturated heterocycles. The number of hydrogen-bond acceptors (Lipinski definition) is 5. The van der Waals surface area contributed by atoms with Gasteiger partial charge in [-0.3, -0.25) is 19.8 Å². The molecule has 3 rings (SSSR count). The summed E-state index contributed by atoms with van der Waals surface area (Å²) in [6.07, 6.45) is 3.23. The molecule has 2 aromatic rings. The maximum Gasteiger partial charge on any atom is 0.270 e. The monoisotopic (exact) mass is 660 g/mol. The highest BCUT2D eigenvalue weighted by molar-refractivity contribution is 14.1. The molecule has 0 aromatic heterocycles. The SMILES string of the molecule is C=CCOc1c(I)cc(/C=C2\C(=O)NC(=S)N(c3cccc(OCC)c3)C2=O)cc1I. The van der Waals surface area contributed by atoms with E-state index < -0.39 is 11.8 Å². The Labute approximate surface area is 212 Å². The molecule has 0 spiro atoms. The van der Waals surface area contributed by atoms with Gasteiger partial charge in [-0.1, -0.05) is 18.7 Å². The van der Waals surface area contributed by atoms with Crippen LogP contribution in [0.15, 0.2) is 54.6 Å². The molecule has 0 bridgehead atoms. The normalized spacial score (nSPS) is 15.1. The number of anilines is 1. The number of amides is 2. The summed E-state index contributed by atoms with van der Waals surface area (Å²) in [5, 5.41) is 2.62. The minimum absolute atomic E-state index is 0.0122. The number of nitrogens with one attached hydrogen (secondary N) is 1. The molecule has 1 aliphatic rings. The molecule has 2 aromatic carbocycles. The van der Waals surface area contributed by atoms with Crippen LogP contribution in [-0.4, -0.2) is 30.1 Å². The number of halogens is 2. The Morgan fingerprint density at radius 3 is 2.52 bits per heavy atom. The maximum atomic E-state index is 13.2. The number of ether oxygens (including phenoxy) is 2. The number of hydrogen-bond donors (Lipinski definition) is 1. The molecule has 160 valence electrons. The van der Waals surface area contributed by atoms with Gasteiger partial charge in [0.1, 0.15) is 23.7 Å². The standard InChI is InChI=1S/C22H18I2N2O4S/c1-3-8-30-19-17(23)10-13(11-18(19)24)9-16-20(27)25-22(31)26(21(16)28)14-6-5-7-15(12-14)29-4-2/h3,5-7,9-12H,1,4,8H2,2H3,(H,25,27,31)/b16-9+. The van der Waals surface area contributed by atoms with Crippen molar-refractivity contribution in [3.63, 3.8) is 0 Å². The third-order valence-corrected chi connectivity index (χ3v) is 6.05. The number of carbonyl (C=O) groups excluding carboxylic acids is 2. The lowest BCUT2D eigenvalue weighted by Crippen LogP contribution is -2.54. The topological polar surface area (TPSA) is 67.9 Å². The third kappa shape index (κ3) is 5.44. The van der Waals surface area contributed by atoms with E-state index in [1.807, 2.05) is 19.1 Å². The van der Waals surface area contributed by atoms with Gasteiger partial charge >= 0.3 is 0 Å². The van der Waals surface area contributed by atoms with Crippen LogP contribution in [0.4, 0.5) is 5.69 Å². The second kappa shape index (κ2) is 10.6. The van der Waals surface area contributed by atoms with E-state index in [1.165, 1.54) is 4.90 Å². The Morgan fingerprint density at radius 2 is 1.87 bits per heavy atom. The Kier molecular flexibility index (Phi) is 8.06. The van der Waals surface area contributed by atoms with Gasteiger partial charge in [0.05, 0.1) is 19.4 Å². The lowest BCUT2D eigenvalue weighted by atomic mass is 10.1. The van der Waals surface area contributed by atoms with Gasteiger partial charge in [0, 0.05) is 6.07 Å². The summed E-state index contributed by atoms with van der Waals surface area (Å²) in [6.45, 7) is 6.42. The van der Waals surface area contributed by atoms with Crippen LogP contribution < -0.4 is 19.7 Å². The Morgan fingerprint density at radius 1 is 1.16 bits per heavy atom. The van der Waals surface area contributed by atoms with E-state index in [4.69, 9.17) is 21.7 Å². The van der Waals surface area contributed by atoms with Crippen molar-refractivity contribution >= 4 is 86.1 Å². The fraction of sp³-hybridized carbons (Fsp3) is 0.136. The summed E-state index contributed by atoms with van der Waals surface area (Å²) in [6, 6.07) is 10.7. The first kappa shape index (κ1) is 23.7. The van der Waals surface area contributed by atoms with Crippen molar-refractivity contribution in [2.45, 2.75) is 6.92 Å². The molecule has 0 atom stereocenters. The molecule has 1 N–H and O–H groups in total. The third-order valence-electron chi connectivity index (χ3n) is 4.17. The molecular formula is C22H18I2N2O4S. The van der Waals surface area contributed by atoms with Gasteiger partial charge in [-0.05, 0) is 100 Å². The van der Waals surface area contributed by atoms with E-state index in [9.17, 15) is 9.59 Å². The second-order valence-corrected chi connectivity index (χ2v) is 9.01. The average Bonchev–Trinajstić information content (AvgIpc) is 2.71. The minimum Gasteiger partial charge on any atom is -0.494 e. The van der Waals surface area contributed by atoms with E-state index in [0.717, 1.165) is 12.9 Å². The first-order chi connectivity index (χ1) is 14.8. The predicted molar refractivity (Wildman–Crippen MR) is 141 cm³/mol. The van der Waals surface area contributed by atoms with Gasteiger partial charge in [-0.15, -0.1) is 0 Å². The molecule has 0 saturated carbocycles. The van der Waals surface area contributed by atoms with Crippen LogP contribution in [-0.2, 0) is 9.59 Å². The van der Waals surface area contributed by atoms with Gasteiger partial charge in [-0.25, -0.2) is 0 Å². The molecule has 1 fully saturated rings. The molecule has 0 aliphatic carbocycles. The van der Waals surface area contributed by atoms with Crippen molar-refractivity contribution in [2.24, 2.45) is 0 Å². The van der Waals surface area contributed by atoms with E-state index in [2.05, 4.69) is 57.1 Å². The largest absolute Gasteiger partial charge is 0.494 e. The van der Waals surface area contributed by atoms with Crippen molar-refractivity contribution < 1.29 is 19.1 Å². The average molecular weight is 660 g/mol. The number of carbonyl (C=O) groups is 2. The molecule has 31 heavy (non-hydrogen) atoms. The van der Waals surface area contributed by atoms with E-state index in [-0.39, 0.29) is 10.7 Å². The highest BCUT2D eigenvalue weighted by Crippen LogP contribution is 2.31. The summed E-state index contributed by atoms with van der Waals surface area (Å²) >= 11 is 9.59. The summed E-state index contributed by atoms with van der Waals surface area (Å²) in [5.41, 5.74) is 1.21. The van der Waals surface area contributed by atoms with Gasteiger partial charge in [0.2, 0.25) is 0 Å². The van der Waals surface area contributed by atoms with Crippen LogP contribution in [0, 0.1) is 7.14 Å². The fourth-order valence-corrected chi connectivity index (χ4v) is 5.29. The van der Waals surface area contributed by atoms with Crippen LogP contribution in [0.25, 0.3) is 6.08 Å². The van der Waals surface area contributed by atoms with Crippen molar-refractivity contribution in [1.82, 2.24) is 5.32 Å². The Bertz CT molecular complexity index is 1080. The quantitative estimate of drug-likeness (QED) is 0.154. The smallest absolute Gasteiger partial charge is 0.270 e.